The molecule has 4 aromatic rings. The molecule has 0 amide bonds. The van der Waals surface area contributed by atoms with E-state index in [1.165, 1.54) is 21.5 Å². The normalized spacial score (nSPS) is 20.7. The van der Waals surface area contributed by atoms with Gasteiger partial charge in [0.1, 0.15) is 28.9 Å². The zero-order chi connectivity index (χ0) is 49.4. The molecule has 0 N–H and O–H groups in total. The van der Waals surface area contributed by atoms with E-state index >= 15 is 0 Å². The van der Waals surface area contributed by atoms with Crippen LogP contribution >= 0.6 is 7.26 Å². The Kier molecular flexibility index (Phi) is 19.2. The number of hydrogen-bond acceptors (Lipinski definition) is 6. The van der Waals surface area contributed by atoms with Crippen molar-refractivity contribution in [2.75, 3.05) is 19.9 Å². The fourth-order valence-corrected chi connectivity index (χ4v) is 17.1. The van der Waals surface area contributed by atoms with Gasteiger partial charge in [-0.25, -0.2) is 0 Å². The van der Waals surface area contributed by atoms with Crippen LogP contribution in [0.3, 0.4) is 0 Å². The van der Waals surface area contributed by atoms with Gasteiger partial charge in [-0.3, -0.25) is 0 Å². The lowest BCUT2D eigenvalue weighted by Crippen LogP contribution is -2.52. The summed E-state index contributed by atoms with van der Waals surface area (Å²) in [5, 5.41) is 4.36. The van der Waals surface area contributed by atoms with Gasteiger partial charge in [-0.15, -0.1) is 0 Å². The van der Waals surface area contributed by atoms with Crippen LogP contribution < -0.4 is 20.7 Å². The summed E-state index contributed by atoms with van der Waals surface area (Å²) in [6, 6.07) is 41.9. The number of methoxy groups -OCH3 is 1. The summed E-state index contributed by atoms with van der Waals surface area (Å²) in [6.45, 7) is 38.1. The molecule has 6 nitrogen and oxygen atoms in total. The van der Waals surface area contributed by atoms with Crippen LogP contribution in [0.15, 0.2) is 127 Å². The fraction of sp³-hybridized carbons (Fsp3) is 0.552. The third kappa shape index (κ3) is 13.9. The van der Waals surface area contributed by atoms with E-state index in [9.17, 15) is 0 Å². The predicted molar refractivity (Wildman–Crippen MR) is 291 cm³/mol. The Bertz CT molecular complexity index is 2020. The standard InChI is InChI=1S/C58H88O6PSi2/c1-42(38-44(3)55(64-67(16,17)58(10,11)12)47(6)54-45(4)39-60-56(62-54)61-40-48-33-35-49(59-13)36-34-48)37-43(2)53(63-66(14,15)57(7,8)9)46(5)41-65(50-27-21-18-22-28-50,51-29-23-19-24-30-51)52-31-25-20-26-32-52/h18-37,43-47,53-56H,38-41H2,1-17H3/q+1/b42-37-/t43-,44-,45-,46-,47+,53+,54-,55+,56+/m0/s1. The quantitative estimate of drug-likeness (QED) is 0.0471. The van der Waals surface area contributed by atoms with Crippen molar-refractivity contribution >= 4 is 39.8 Å². The summed E-state index contributed by atoms with van der Waals surface area (Å²) < 4.78 is 39.7. The van der Waals surface area contributed by atoms with Gasteiger partial charge in [0.05, 0.1) is 44.8 Å². The summed E-state index contributed by atoms with van der Waals surface area (Å²) in [5.74, 6) is 1.76. The summed E-state index contributed by atoms with van der Waals surface area (Å²) in [7, 11) is -4.82. The third-order valence-corrected chi connectivity index (χ3v) is 29.0. The van der Waals surface area contributed by atoms with Crippen LogP contribution in [0, 0.1) is 29.6 Å². The first-order valence-corrected chi connectivity index (χ1v) is 32.8. The molecule has 1 saturated heterocycles. The molecule has 0 bridgehead atoms. The number of allylic oxidation sites excluding steroid dienone is 1. The lowest BCUT2D eigenvalue weighted by Gasteiger charge is -2.46. The van der Waals surface area contributed by atoms with E-state index in [4.69, 9.17) is 27.8 Å². The molecule has 67 heavy (non-hydrogen) atoms. The molecule has 1 fully saturated rings. The van der Waals surface area contributed by atoms with Gasteiger partial charge >= 0.3 is 0 Å². The molecule has 5 rings (SSSR count). The van der Waals surface area contributed by atoms with Gasteiger partial charge in [0.15, 0.2) is 16.6 Å². The van der Waals surface area contributed by atoms with Crippen molar-refractivity contribution in [1.29, 1.82) is 0 Å². The van der Waals surface area contributed by atoms with Gasteiger partial charge in [0.2, 0.25) is 0 Å². The summed E-state index contributed by atoms with van der Waals surface area (Å²) in [4.78, 5) is 0. The van der Waals surface area contributed by atoms with Crippen molar-refractivity contribution in [3.8, 4) is 5.75 Å². The molecule has 0 saturated carbocycles. The number of hydrogen-bond donors (Lipinski definition) is 0. The number of benzene rings is 4. The average Bonchev–Trinajstić information content (AvgIpc) is 3.28. The highest BCUT2D eigenvalue weighted by atomic mass is 31.2. The van der Waals surface area contributed by atoms with E-state index in [1.54, 1.807) is 7.11 Å². The maximum Gasteiger partial charge on any atom is 0.272 e. The maximum absolute atomic E-state index is 7.68. The summed E-state index contributed by atoms with van der Waals surface area (Å²) in [6.07, 6.45) is 4.36. The van der Waals surface area contributed by atoms with Gasteiger partial charge in [-0.1, -0.05) is 155 Å². The Morgan fingerprint density at radius 3 is 1.60 bits per heavy atom. The molecule has 4 aromatic carbocycles. The second-order valence-electron chi connectivity index (χ2n) is 22.9. The van der Waals surface area contributed by atoms with Crippen molar-refractivity contribution in [1.82, 2.24) is 0 Å². The van der Waals surface area contributed by atoms with Crippen LogP contribution in [0.4, 0.5) is 0 Å². The average molecular weight is 968 g/mol. The zero-order valence-corrected chi connectivity index (χ0v) is 47.4. The molecule has 0 aromatic heterocycles. The first-order valence-electron chi connectivity index (χ1n) is 25.0. The Balaban J connectivity index is 1.46. The highest BCUT2D eigenvalue weighted by molar-refractivity contribution is 7.95. The number of rotatable bonds is 21. The van der Waals surface area contributed by atoms with Crippen molar-refractivity contribution in [3.63, 3.8) is 0 Å². The minimum atomic E-state index is -2.20. The van der Waals surface area contributed by atoms with E-state index in [2.05, 4.69) is 206 Å². The molecule has 9 heteroatoms. The van der Waals surface area contributed by atoms with Crippen molar-refractivity contribution in [2.24, 2.45) is 29.6 Å². The molecular weight excluding hydrogens is 880 g/mol. The fourth-order valence-electron chi connectivity index (χ4n) is 9.53. The molecule has 0 unspecified atom stereocenters. The Hall–Kier alpha value is -2.92. The van der Waals surface area contributed by atoms with E-state index in [0.29, 0.717) is 13.2 Å². The Labute approximate surface area is 410 Å². The van der Waals surface area contributed by atoms with Gasteiger partial charge in [0, 0.05) is 17.8 Å². The SMILES string of the molecule is COc1ccc(CO[C@H]2OC[C@H](C)[C@@H]([C@@H](C)[C@H](O[Si](C)(C)C(C)(C)C)[C@@H](C)C/C(C)=C\[C@H](C)[C@@H](O[Si](C)(C)C(C)(C)C)[C@@H](C)C[P+](c3ccccc3)(c3ccccc3)c3ccccc3)O2)cc1. The smallest absolute Gasteiger partial charge is 0.272 e. The Morgan fingerprint density at radius 2 is 1.15 bits per heavy atom. The lowest BCUT2D eigenvalue weighted by molar-refractivity contribution is -0.355. The van der Waals surface area contributed by atoms with Crippen molar-refractivity contribution < 1.29 is 27.8 Å². The van der Waals surface area contributed by atoms with E-state index in [-0.39, 0.29) is 58.0 Å². The third-order valence-electron chi connectivity index (χ3n) is 15.4. The monoisotopic (exact) mass is 968 g/mol. The predicted octanol–water partition coefficient (Wildman–Crippen LogP) is 14.2. The summed E-state index contributed by atoms with van der Waals surface area (Å²) >= 11 is 0. The molecule has 0 radical (unpaired) electrons. The molecule has 1 heterocycles. The minimum absolute atomic E-state index is 0.0196. The maximum atomic E-state index is 7.68. The van der Waals surface area contributed by atoms with E-state index in [1.807, 2.05) is 24.3 Å². The Morgan fingerprint density at radius 1 is 0.687 bits per heavy atom. The molecule has 1 aliphatic rings. The van der Waals surface area contributed by atoms with Gasteiger partial charge in [0.25, 0.3) is 6.48 Å². The number of ether oxygens (including phenoxy) is 4. The topological polar surface area (TPSA) is 55.4 Å². The van der Waals surface area contributed by atoms with Gasteiger partial charge in [-0.2, -0.15) is 0 Å². The van der Waals surface area contributed by atoms with Crippen LogP contribution in [-0.4, -0.2) is 61.3 Å². The van der Waals surface area contributed by atoms with E-state index < -0.39 is 30.4 Å². The van der Waals surface area contributed by atoms with Crippen LogP contribution in [-0.2, 0) is 29.7 Å². The zero-order valence-electron chi connectivity index (χ0n) is 44.5. The van der Waals surface area contributed by atoms with Crippen LogP contribution in [0.2, 0.25) is 36.3 Å². The van der Waals surface area contributed by atoms with Crippen LogP contribution in [0.25, 0.3) is 0 Å². The van der Waals surface area contributed by atoms with E-state index in [0.717, 1.165) is 23.9 Å². The lowest BCUT2D eigenvalue weighted by atomic mass is 9.81. The summed E-state index contributed by atoms with van der Waals surface area (Å²) in [5.41, 5.74) is 2.42. The second-order valence-corrected chi connectivity index (χ2v) is 36.0. The van der Waals surface area contributed by atoms with Crippen LogP contribution in [0.1, 0.15) is 95.1 Å². The van der Waals surface area contributed by atoms with Gasteiger partial charge < -0.3 is 27.8 Å². The highest BCUT2D eigenvalue weighted by Gasteiger charge is 2.50. The minimum Gasteiger partial charge on any atom is -0.497 e. The molecule has 9 atom stereocenters. The van der Waals surface area contributed by atoms with Crippen LogP contribution in [0.5, 0.6) is 5.75 Å². The molecular formula is C58H88O6PSi2+. The molecule has 0 spiro atoms. The molecule has 0 aliphatic carbocycles. The molecule has 1 aliphatic heterocycles. The van der Waals surface area contributed by atoms with Crippen molar-refractivity contribution in [3.05, 3.63) is 132 Å². The first-order chi connectivity index (χ1) is 31.4. The first kappa shape index (κ1) is 55.0. The van der Waals surface area contributed by atoms with Crippen molar-refractivity contribution in [2.45, 2.75) is 157 Å². The van der Waals surface area contributed by atoms with Gasteiger partial charge in [-0.05, 0) is 116 Å². The molecule has 368 valence electrons. The largest absolute Gasteiger partial charge is 0.497 e. The second kappa shape index (κ2) is 23.3. The highest BCUT2D eigenvalue weighted by Crippen LogP contribution is 2.57.